The van der Waals surface area contributed by atoms with E-state index in [1.54, 1.807) is 11.1 Å². The number of halogens is 1. The van der Waals surface area contributed by atoms with Gasteiger partial charge >= 0.3 is 12.1 Å². The molecule has 3 atom stereocenters. The standard InChI is InChI=1S/C47H59FN8O4/c1-5-33-13-10-14-34-15-11-16-36(40(33)34)42-41(48)43-37(28-49-42)44(54-20-8-6-7-9-21-54)51-45(50-43)59-30-47-18-12-22-56(47)35(17-19-47)29-58-46(57)55-25-23-53(24-26-55)39-27-38(60-52-39)32(4)31(2)3/h10-11,13-16,27-28,31-32,35H,5-9,12,17-26,29-30H2,1-4H3. The minimum atomic E-state index is -0.456. The molecule has 12 nitrogen and oxygen atoms in total. The molecule has 60 heavy (non-hydrogen) atoms. The van der Waals surface area contributed by atoms with Gasteiger partial charge in [-0.3, -0.25) is 9.88 Å². The topological polar surface area (TPSA) is 113 Å². The fraction of sp³-hybridized carbons (Fsp3) is 0.553. The highest BCUT2D eigenvalue weighted by Crippen LogP contribution is 2.43. The summed E-state index contributed by atoms with van der Waals surface area (Å²) < 4.78 is 35.3. The van der Waals surface area contributed by atoms with Crippen LogP contribution in [0.15, 0.2) is 53.2 Å². The van der Waals surface area contributed by atoms with Gasteiger partial charge in [-0.25, -0.2) is 9.18 Å². The Morgan fingerprint density at radius 3 is 2.48 bits per heavy atom. The normalized spacial score (nSPS) is 21.8. The number of pyridine rings is 1. The van der Waals surface area contributed by atoms with Crippen LogP contribution < -0.4 is 14.5 Å². The number of amides is 1. The van der Waals surface area contributed by atoms with Gasteiger partial charge in [0, 0.05) is 69.1 Å². The van der Waals surface area contributed by atoms with Crippen molar-refractivity contribution < 1.29 is 23.2 Å². The van der Waals surface area contributed by atoms with Crippen LogP contribution >= 0.6 is 0 Å². The Kier molecular flexibility index (Phi) is 11.5. The first-order chi connectivity index (χ1) is 29.2. The third-order valence-corrected chi connectivity index (χ3v) is 13.9. The number of benzene rings is 2. The van der Waals surface area contributed by atoms with Crippen molar-refractivity contribution in [2.45, 2.75) is 103 Å². The molecule has 0 spiro atoms. The largest absolute Gasteiger partial charge is 0.461 e. The number of fused-ring (bicyclic) bond motifs is 3. The summed E-state index contributed by atoms with van der Waals surface area (Å²) in [5.41, 5.74) is 2.21. The number of nitrogens with zero attached hydrogens (tertiary/aromatic N) is 8. The number of aromatic nitrogens is 4. The minimum absolute atomic E-state index is 0.0998. The third kappa shape index (κ3) is 7.74. The van der Waals surface area contributed by atoms with Crippen molar-refractivity contribution >= 4 is 39.4 Å². The second-order valence-corrected chi connectivity index (χ2v) is 17.8. The Labute approximate surface area is 352 Å². The van der Waals surface area contributed by atoms with Crippen LogP contribution in [0.25, 0.3) is 32.9 Å². The summed E-state index contributed by atoms with van der Waals surface area (Å²) in [5, 5.41) is 7.00. The third-order valence-electron chi connectivity index (χ3n) is 13.9. The van der Waals surface area contributed by atoms with Gasteiger partial charge in [-0.05, 0) is 73.7 Å². The molecule has 0 N–H and O–H groups in total. The van der Waals surface area contributed by atoms with E-state index in [1.165, 1.54) is 0 Å². The second-order valence-electron chi connectivity index (χ2n) is 17.8. The molecule has 0 bridgehead atoms. The molecule has 3 unspecified atom stereocenters. The van der Waals surface area contributed by atoms with Crippen LogP contribution in [-0.4, -0.2) is 107 Å². The van der Waals surface area contributed by atoms with E-state index in [-0.39, 0.29) is 34.9 Å². The number of aryl methyl sites for hydroxylation is 1. The molecule has 5 aromatic rings. The lowest BCUT2D eigenvalue weighted by Crippen LogP contribution is -2.50. The monoisotopic (exact) mass is 818 g/mol. The van der Waals surface area contributed by atoms with Crippen LogP contribution in [0.3, 0.4) is 0 Å². The zero-order chi connectivity index (χ0) is 41.4. The van der Waals surface area contributed by atoms with Crippen molar-refractivity contribution in [3.05, 3.63) is 65.8 Å². The summed E-state index contributed by atoms with van der Waals surface area (Å²) in [7, 11) is 0. The molecule has 0 saturated carbocycles. The van der Waals surface area contributed by atoms with E-state index in [4.69, 9.17) is 28.9 Å². The Bertz CT molecular complexity index is 2310. The van der Waals surface area contributed by atoms with E-state index in [1.807, 2.05) is 18.2 Å². The van der Waals surface area contributed by atoms with E-state index >= 15 is 4.39 Å². The van der Waals surface area contributed by atoms with Gasteiger partial charge in [-0.2, -0.15) is 9.97 Å². The number of carbonyl (C=O) groups excluding carboxylic acids is 1. The van der Waals surface area contributed by atoms with E-state index < -0.39 is 5.82 Å². The summed E-state index contributed by atoms with van der Waals surface area (Å²) >= 11 is 0. The maximum Gasteiger partial charge on any atom is 0.409 e. The predicted octanol–water partition coefficient (Wildman–Crippen LogP) is 9.01. The quantitative estimate of drug-likeness (QED) is 0.127. The van der Waals surface area contributed by atoms with Gasteiger partial charge in [-0.1, -0.05) is 82.1 Å². The number of carbonyl (C=O) groups is 1. The molecule has 9 rings (SSSR count). The maximum atomic E-state index is 17.1. The molecule has 1 amide bonds. The fourth-order valence-corrected chi connectivity index (χ4v) is 10.0. The molecule has 3 aromatic heterocycles. The average Bonchev–Trinajstić information content (AvgIpc) is 3.95. The first kappa shape index (κ1) is 40.4. The number of hydrogen-bond donors (Lipinski definition) is 0. The highest BCUT2D eigenvalue weighted by atomic mass is 19.1. The van der Waals surface area contributed by atoms with Gasteiger partial charge in [0.1, 0.15) is 36.0 Å². The highest BCUT2D eigenvalue weighted by molar-refractivity contribution is 6.00. The molecule has 4 aliphatic rings. The SMILES string of the molecule is CCc1cccc2cccc(-c3ncc4c(N5CCCCCC5)nc(OCC56CCCN5C(COC(=O)N5CCN(c7cc(C(C)C(C)C)on7)CC5)CC6)nc4c3F)c12. The lowest BCUT2D eigenvalue weighted by molar-refractivity contribution is 0.0434. The molecule has 7 heterocycles. The van der Waals surface area contributed by atoms with Crippen molar-refractivity contribution in [1.29, 1.82) is 0 Å². The minimum Gasteiger partial charge on any atom is -0.461 e. The fourth-order valence-electron chi connectivity index (χ4n) is 10.0. The summed E-state index contributed by atoms with van der Waals surface area (Å²) in [6.45, 7) is 14.4. The van der Waals surface area contributed by atoms with Crippen LogP contribution in [0.1, 0.15) is 96.3 Å². The smallest absolute Gasteiger partial charge is 0.409 e. The molecular weight excluding hydrogens is 760 g/mol. The van der Waals surface area contributed by atoms with E-state index in [9.17, 15) is 4.79 Å². The van der Waals surface area contributed by atoms with E-state index in [0.29, 0.717) is 62.4 Å². The van der Waals surface area contributed by atoms with Crippen LogP contribution in [0, 0.1) is 11.7 Å². The summed E-state index contributed by atoms with van der Waals surface area (Å²) in [5.74, 6) is 2.71. The first-order valence-electron chi connectivity index (χ1n) is 22.4. The molecule has 318 valence electrons. The van der Waals surface area contributed by atoms with Gasteiger partial charge in [0.2, 0.25) is 0 Å². The van der Waals surface area contributed by atoms with Crippen molar-refractivity contribution in [2.75, 3.05) is 68.8 Å². The molecule has 2 aromatic carbocycles. The van der Waals surface area contributed by atoms with Crippen LogP contribution in [0.2, 0.25) is 0 Å². The van der Waals surface area contributed by atoms with Crippen LogP contribution in [0.4, 0.5) is 20.8 Å². The van der Waals surface area contributed by atoms with Crippen molar-refractivity contribution in [1.82, 2.24) is 29.9 Å². The summed E-state index contributed by atoms with van der Waals surface area (Å²) in [6.07, 6.45) is 10.5. The molecule has 4 aliphatic heterocycles. The molecule has 4 saturated heterocycles. The number of ether oxygens (including phenoxy) is 2. The second kappa shape index (κ2) is 17.1. The Balaban J connectivity index is 0.900. The summed E-state index contributed by atoms with van der Waals surface area (Å²) in [6, 6.07) is 14.5. The molecule has 4 fully saturated rings. The van der Waals surface area contributed by atoms with Crippen LogP contribution in [-0.2, 0) is 11.2 Å². The Morgan fingerprint density at radius 1 is 0.933 bits per heavy atom. The Hall–Kier alpha value is -5.04. The lowest BCUT2D eigenvalue weighted by atomic mass is 9.95. The van der Waals surface area contributed by atoms with Crippen molar-refractivity contribution in [3.63, 3.8) is 0 Å². The van der Waals surface area contributed by atoms with Crippen molar-refractivity contribution in [3.8, 4) is 17.3 Å². The molecule has 0 aliphatic carbocycles. The zero-order valence-electron chi connectivity index (χ0n) is 35.7. The van der Waals surface area contributed by atoms with Gasteiger partial charge in [0.05, 0.1) is 10.9 Å². The highest BCUT2D eigenvalue weighted by Gasteiger charge is 2.50. The van der Waals surface area contributed by atoms with Gasteiger partial charge in [0.25, 0.3) is 0 Å². The predicted molar refractivity (Wildman–Crippen MR) is 232 cm³/mol. The number of rotatable bonds is 11. The van der Waals surface area contributed by atoms with Gasteiger partial charge < -0.3 is 28.7 Å². The summed E-state index contributed by atoms with van der Waals surface area (Å²) in [4.78, 5) is 36.7. The first-order valence-corrected chi connectivity index (χ1v) is 22.4. The number of hydrogen-bond acceptors (Lipinski definition) is 11. The maximum absolute atomic E-state index is 17.1. The van der Waals surface area contributed by atoms with Gasteiger partial charge in [-0.15, -0.1) is 0 Å². The van der Waals surface area contributed by atoms with Crippen molar-refractivity contribution in [2.24, 2.45) is 5.92 Å². The number of piperazine rings is 1. The Morgan fingerprint density at radius 2 is 1.72 bits per heavy atom. The molecular formula is C47H59FN8O4. The number of anilines is 2. The zero-order valence-corrected chi connectivity index (χ0v) is 35.7. The average molecular weight is 819 g/mol. The molecule has 13 heteroatoms. The molecule has 0 radical (unpaired) electrons. The van der Waals surface area contributed by atoms with E-state index in [2.05, 4.69) is 71.8 Å². The van der Waals surface area contributed by atoms with Crippen LogP contribution in [0.5, 0.6) is 6.01 Å². The lowest BCUT2D eigenvalue weighted by Gasteiger charge is -2.36. The van der Waals surface area contributed by atoms with E-state index in [0.717, 1.165) is 111 Å². The van der Waals surface area contributed by atoms with Gasteiger partial charge in [0.15, 0.2) is 11.6 Å².